The first-order valence-electron chi connectivity index (χ1n) is 9.49. The Kier molecular flexibility index (Phi) is 5.24. The average Bonchev–Trinajstić information content (AvgIpc) is 3.40. The number of benzene rings is 1. The van der Waals surface area contributed by atoms with Crippen molar-refractivity contribution in [3.8, 4) is 0 Å². The Balaban J connectivity index is 1.40. The van der Waals surface area contributed by atoms with E-state index >= 15 is 0 Å². The number of nitrogens with zero attached hydrogens (tertiary/aromatic N) is 5. The first-order chi connectivity index (χ1) is 12.7. The van der Waals surface area contributed by atoms with Crippen molar-refractivity contribution in [1.82, 2.24) is 25.1 Å². The number of carbonyl (C=O) groups is 1. The first-order valence-corrected chi connectivity index (χ1v) is 10.5. The van der Waals surface area contributed by atoms with E-state index in [4.69, 9.17) is 0 Å². The number of carbonyl (C=O) groups excluding carboxylic acids is 1. The van der Waals surface area contributed by atoms with E-state index in [-0.39, 0.29) is 11.9 Å². The van der Waals surface area contributed by atoms with Gasteiger partial charge in [-0.3, -0.25) is 4.79 Å². The molecule has 1 saturated heterocycles. The molecule has 2 aromatic rings. The molecule has 1 aromatic heterocycles. The topological polar surface area (TPSA) is 63.9 Å². The molecule has 138 valence electrons. The molecule has 1 unspecified atom stereocenters. The van der Waals surface area contributed by atoms with Crippen LogP contribution in [0.15, 0.2) is 29.4 Å². The van der Waals surface area contributed by atoms with Crippen LogP contribution in [0.1, 0.15) is 61.7 Å². The predicted octanol–water partition coefficient (Wildman–Crippen LogP) is 3.55. The van der Waals surface area contributed by atoms with Crippen LogP contribution < -0.4 is 0 Å². The number of likely N-dealkylation sites (tertiary alicyclic amines) is 1. The molecular weight excluding hydrogens is 346 g/mol. The van der Waals surface area contributed by atoms with Crippen LogP contribution >= 0.6 is 11.8 Å². The van der Waals surface area contributed by atoms with Crippen LogP contribution in [-0.2, 0) is 4.79 Å². The smallest absolute Gasteiger partial charge is 0.233 e. The van der Waals surface area contributed by atoms with Gasteiger partial charge in [0.2, 0.25) is 11.1 Å². The van der Waals surface area contributed by atoms with Crippen molar-refractivity contribution >= 4 is 17.7 Å². The molecule has 0 bridgehead atoms. The summed E-state index contributed by atoms with van der Waals surface area (Å²) in [5.41, 5.74) is 2.49. The maximum Gasteiger partial charge on any atom is 0.233 e. The molecule has 0 radical (unpaired) electrons. The second-order valence-electron chi connectivity index (χ2n) is 7.29. The Morgan fingerprint density at radius 3 is 2.69 bits per heavy atom. The monoisotopic (exact) mass is 371 g/mol. The SMILES string of the molecule is Cc1ccc(C2CCCN2C(=O)CSc2nnnn2C2CCCC2)cc1. The minimum Gasteiger partial charge on any atom is -0.335 e. The number of rotatable bonds is 5. The molecule has 2 fully saturated rings. The van der Waals surface area contributed by atoms with Gasteiger partial charge < -0.3 is 4.90 Å². The van der Waals surface area contributed by atoms with Gasteiger partial charge in [-0.25, -0.2) is 4.68 Å². The minimum atomic E-state index is 0.180. The number of amides is 1. The Morgan fingerprint density at radius 2 is 1.92 bits per heavy atom. The number of tetrazole rings is 1. The van der Waals surface area contributed by atoms with Crippen LogP contribution in [0.2, 0.25) is 0 Å². The molecule has 1 aliphatic carbocycles. The van der Waals surface area contributed by atoms with E-state index in [9.17, 15) is 4.79 Å². The maximum absolute atomic E-state index is 12.9. The summed E-state index contributed by atoms with van der Waals surface area (Å²) < 4.78 is 1.92. The van der Waals surface area contributed by atoms with E-state index < -0.39 is 0 Å². The van der Waals surface area contributed by atoms with Gasteiger partial charge >= 0.3 is 0 Å². The first kappa shape index (κ1) is 17.5. The average molecular weight is 372 g/mol. The molecule has 1 amide bonds. The zero-order valence-corrected chi connectivity index (χ0v) is 16.0. The van der Waals surface area contributed by atoms with E-state index in [1.807, 2.05) is 9.58 Å². The van der Waals surface area contributed by atoms with Gasteiger partial charge in [-0.15, -0.1) is 5.10 Å². The fourth-order valence-electron chi connectivity index (χ4n) is 4.07. The fraction of sp³-hybridized carbons (Fsp3) is 0.579. The molecule has 0 N–H and O–H groups in total. The second kappa shape index (κ2) is 7.78. The van der Waals surface area contributed by atoms with Crippen molar-refractivity contribution in [2.75, 3.05) is 12.3 Å². The lowest BCUT2D eigenvalue weighted by Gasteiger charge is -2.25. The molecule has 2 aliphatic rings. The molecule has 1 aliphatic heterocycles. The van der Waals surface area contributed by atoms with Crippen molar-refractivity contribution in [3.05, 3.63) is 35.4 Å². The van der Waals surface area contributed by atoms with Gasteiger partial charge in [0, 0.05) is 6.54 Å². The number of thioether (sulfide) groups is 1. The highest BCUT2D eigenvalue weighted by atomic mass is 32.2. The second-order valence-corrected chi connectivity index (χ2v) is 8.23. The summed E-state index contributed by atoms with van der Waals surface area (Å²) in [6.45, 7) is 2.93. The third kappa shape index (κ3) is 3.63. The van der Waals surface area contributed by atoms with Gasteiger partial charge in [-0.2, -0.15) is 0 Å². The number of hydrogen-bond acceptors (Lipinski definition) is 5. The van der Waals surface area contributed by atoms with Crippen LogP contribution in [0.5, 0.6) is 0 Å². The zero-order valence-electron chi connectivity index (χ0n) is 15.2. The molecule has 0 spiro atoms. The number of aromatic nitrogens is 4. The van der Waals surface area contributed by atoms with Crippen molar-refractivity contribution < 1.29 is 4.79 Å². The Hall–Kier alpha value is -1.89. The van der Waals surface area contributed by atoms with Gasteiger partial charge in [0.05, 0.1) is 17.8 Å². The zero-order chi connectivity index (χ0) is 17.9. The summed E-state index contributed by atoms with van der Waals surface area (Å²) in [5, 5.41) is 12.9. The summed E-state index contributed by atoms with van der Waals surface area (Å²) in [5.74, 6) is 0.578. The quantitative estimate of drug-likeness (QED) is 0.752. The highest BCUT2D eigenvalue weighted by Crippen LogP contribution is 2.34. The molecular formula is C19H25N5OS. The Labute approximate surface area is 158 Å². The van der Waals surface area contributed by atoms with Gasteiger partial charge in [-0.05, 0) is 48.6 Å². The summed E-state index contributed by atoms with van der Waals surface area (Å²) in [4.78, 5) is 14.9. The molecule has 1 aromatic carbocycles. The maximum atomic E-state index is 12.9. The Morgan fingerprint density at radius 1 is 1.15 bits per heavy atom. The molecule has 1 atom stereocenters. The fourth-order valence-corrected chi connectivity index (χ4v) is 4.90. The van der Waals surface area contributed by atoms with E-state index in [0.29, 0.717) is 11.8 Å². The van der Waals surface area contributed by atoms with Crippen molar-refractivity contribution in [1.29, 1.82) is 0 Å². The highest BCUT2D eigenvalue weighted by molar-refractivity contribution is 7.99. The van der Waals surface area contributed by atoms with Crippen LogP contribution in [0.3, 0.4) is 0 Å². The van der Waals surface area contributed by atoms with Gasteiger partial charge in [0.25, 0.3) is 0 Å². The summed E-state index contributed by atoms with van der Waals surface area (Å²) in [6.07, 6.45) is 6.84. The molecule has 26 heavy (non-hydrogen) atoms. The molecule has 6 nitrogen and oxygen atoms in total. The van der Waals surface area contributed by atoms with Gasteiger partial charge in [-0.1, -0.05) is 54.4 Å². The summed E-state index contributed by atoms with van der Waals surface area (Å²) >= 11 is 1.47. The number of hydrogen-bond donors (Lipinski definition) is 0. The lowest BCUT2D eigenvalue weighted by molar-refractivity contribution is -0.129. The highest BCUT2D eigenvalue weighted by Gasteiger charge is 2.30. The lowest BCUT2D eigenvalue weighted by Crippen LogP contribution is -2.32. The normalized spacial score (nSPS) is 20.8. The Bertz CT molecular complexity index is 754. The largest absolute Gasteiger partial charge is 0.335 e. The van der Waals surface area contributed by atoms with E-state index in [1.165, 1.54) is 35.7 Å². The van der Waals surface area contributed by atoms with Crippen LogP contribution in [-0.4, -0.2) is 43.3 Å². The van der Waals surface area contributed by atoms with E-state index in [2.05, 4.69) is 46.7 Å². The summed E-state index contributed by atoms with van der Waals surface area (Å²) in [6, 6.07) is 9.16. The van der Waals surface area contributed by atoms with Crippen molar-refractivity contribution in [3.63, 3.8) is 0 Å². The van der Waals surface area contributed by atoms with Gasteiger partial charge in [0.1, 0.15) is 0 Å². The van der Waals surface area contributed by atoms with Crippen molar-refractivity contribution in [2.45, 2.75) is 62.7 Å². The third-order valence-electron chi connectivity index (χ3n) is 5.49. The number of aryl methyl sites for hydroxylation is 1. The lowest BCUT2D eigenvalue weighted by atomic mass is 10.0. The third-order valence-corrected chi connectivity index (χ3v) is 6.41. The van der Waals surface area contributed by atoms with Crippen LogP contribution in [0, 0.1) is 6.92 Å². The minimum absolute atomic E-state index is 0.180. The van der Waals surface area contributed by atoms with Crippen molar-refractivity contribution in [2.24, 2.45) is 0 Å². The predicted molar refractivity (Wildman–Crippen MR) is 101 cm³/mol. The summed E-state index contributed by atoms with van der Waals surface area (Å²) in [7, 11) is 0. The standard InChI is InChI=1S/C19H25N5OS/c1-14-8-10-15(11-9-14)17-7-4-12-23(17)18(25)13-26-19-20-21-22-24(19)16-5-2-3-6-16/h8-11,16-17H,2-7,12-13H2,1H3. The molecule has 2 heterocycles. The van der Waals surface area contributed by atoms with Crippen LogP contribution in [0.4, 0.5) is 0 Å². The van der Waals surface area contributed by atoms with E-state index in [0.717, 1.165) is 37.4 Å². The van der Waals surface area contributed by atoms with Gasteiger partial charge in [0.15, 0.2) is 0 Å². The molecule has 4 rings (SSSR count). The molecule has 7 heteroatoms. The molecule has 1 saturated carbocycles. The van der Waals surface area contributed by atoms with Crippen LogP contribution in [0.25, 0.3) is 0 Å². The van der Waals surface area contributed by atoms with E-state index in [1.54, 1.807) is 0 Å².